The van der Waals surface area contributed by atoms with E-state index in [1.54, 1.807) is 32.4 Å². The average molecular weight is 753 g/mol. The molecule has 3 atom stereocenters. The van der Waals surface area contributed by atoms with Crippen molar-refractivity contribution in [2.45, 2.75) is 57.3 Å². The van der Waals surface area contributed by atoms with Crippen LogP contribution in [-0.2, 0) is 20.8 Å². The van der Waals surface area contributed by atoms with Crippen LogP contribution >= 0.6 is 22.6 Å². The summed E-state index contributed by atoms with van der Waals surface area (Å²) >= 11 is 1.99. The standard InChI is InChI=1S/C33H41IN2O10/c1-20(39)6-5-7-30(40)36(12-10-22-16-24(43-2)8-9-27(22)44-3)26-17-23(33(42)35-11-13-37)18-28(31(26)41)46-32-25(34)14-21(19-38)15-29(32)45-4/h8-9,14-16,18-19,26,28,31,37,41H,5-7,10-13,17H2,1-4H3,(H,35,42). The summed E-state index contributed by atoms with van der Waals surface area (Å²) < 4.78 is 23.2. The highest BCUT2D eigenvalue weighted by atomic mass is 127. The lowest BCUT2D eigenvalue weighted by molar-refractivity contribution is -0.138. The van der Waals surface area contributed by atoms with Crippen molar-refractivity contribution in [3.8, 4) is 23.0 Å². The predicted molar refractivity (Wildman–Crippen MR) is 178 cm³/mol. The van der Waals surface area contributed by atoms with Gasteiger partial charge in [-0.2, -0.15) is 0 Å². The minimum Gasteiger partial charge on any atom is -0.497 e. The van der Waals surface area contributed by atoms with E-state index in [0.717, 1.165) is 5.56 Å². The highest BCUT2D eigenvalue weighted by Crippen LogP contribution is 2.37. The first-order valence-electron chi connectivity index (χ1n) is 14.8. The number of amides is 2. The first-order chi connectivity index (χ1) is 22.1. The van der Waals surface area contributed by atoms with Crippen molar-refractivity contribution in [2.75, 3.05) is 41.0 Å². The molecule has 1 aliphatic carbocycles. The summed E-state index contributed by atoms with van der Waals surface area (Å²) in [5.74, 6) is 0.897. The number of ether oxygens (including phenoxy) is 4. The van der Waals surface area contributed by atoms with Crippen molar-refractivity contribution >= 4 is 46.5 Å². The monoisotopic (exact) mass is 752 g/mol. The van der Waals surface area contributed by atoms with Gasteiger partial charge in [0.05, 0.1) is 37.5 Å². The summed E-state index contributed by atoms with van der Waals surface area (Å²) in [5.41, 5.74) is 1.39. The van der Waals surface area contributed by atoms with Crippen LogP contribution in [0.1, 0.15) is 48.5 Å². The molecule has 13 heteroatoms. The molecule has 2 aromatic carbocycles. The molecular formula is C33H41IN2O10. The highest BCUT2D eigenvalue weighted by molar-refractivity contribution is 14.1. The van der Waals surface area contributed by atoms with Gasteiger partial charge in [0.15, 0.2) is 11.5 Å². The van der Waals surface area contributed by atoms with E-state index in [9.17, 15) is 29.4 Å². The fourth-order valence-electron chi connectivity index (χ4n) is 5.26. The van der Waals surface area contributed by atoms with Crippen molar-refractivity contribution < 1.29 is 48.3 Å². The van der Waals surface area contributed by atoms with Crippen LogP contribution in [0.3, 0.4) is 0 Å². The molecule has 0 aliphatic heterocycles. The quantitative estimate of drug-likeness (QED) is 0.162. The lowest BCUT2D eigenvalue weighted by atomic mass is 9.87. The minimum atomic E-state index is -1.29. The number of hydrogen-bond acceptors (Lipinski definition) is 10. The highest BCUT2D eigenvalue weighted by Gasteiger charge is 2.41. The number of carbonyl (C=O) groups excluding carboxylic acids is 4. The van der Waals surface area contributed by atoms with Gasteiger partial charge in [-0.15, -0.1) is 0 Å². The van der Waals surface area contributed by atoms with Crippen LogP contribution in [0.5, 0.6) is 23.0 Å². The number of nitrogens with zero attached hydrogens (tertiary/aromatic N) is 1. The van der Waals surface area contributed by atoms with Gasteiger partial charge < -0.3 is 44.2 Å². The third kappa shape index (κ3) is 9.66. The van der Waals surface area contributed by atoms with Crippen LogP contribution in [0.15, 0.2) is 42.0 Å². The fraction of sp³-hybridized carbons (Fsp3) is 0.455. The van der Waals surface area contributed by atoms with Gasteiger partial charge in [-0.3, -0.25) is 14.4 Å². The number of aliphatic hydroxyl groups excluding tert-OH is 2. The van der Waals surface area contributed by atoms with E-state index >= 15 is 0 Å². The summed E-state index contributed by atoms with van der Waals surface area (Å²) in [4.78, 5) is 51.6. The van der Waals surface area contributed by atoms with Crippen LogP contribution in [0, 0.1) is 3.57 Å². The molecule has 3 N–H and O–H groups in total. The van der Waals surface area contributed by atoms with Crippen molar-refractivity contribution in [3.63, 3.8) is 0 Å². The lowest BCUT2D eigenvalue weighted by Crippen LogP contribution is -2.55. The van der Waals surface area contributed by atoms with E-state index < -0.39 is 24.2 Å². The molecule has 46 heavy (non-hydrogen) atoms. The van der Waals surface area contributed by atoms with E-state index in [0.29, 0.717) is 39.8 Å². The molecule has 3 rings (SSSR count). The van der Waals surface area contributed by atoms with Gasteiger partial charge in [-0.25, -0.2) is 0 Å². The summed E-state index contributed by atoms with van der Waals surface area (Å²) in [6.45, 7) is 1.35. The Hall–Kier alpha value is -3.69. The number of rotatable bonds is 17. The Bertz CT molecular complexity index is 1430. The molecule has 0 saturated carbocycles. The van der Waals surface area contributed by atoms with Gasteiger partial charge >= 0.3 is 0 Å². The molecular weight excluding hydrogens is 711 g/mol. The van der Waals surface area contributed by atoms with Crippen LogP contribution < -0.4 is 24.3 Å². The Balaban J connectivity index is 2.04. The van der Waals surface area contributed by atoms with E-state index in [-0.39, 0.29) is 67.7 Å². The molecule has 2 aromatic rings. The van der Waals surface area contributed by atoms with Crippen LogP contribution in [0.2, 0.25) is 0 Å². The first kappa shape index (κ1) is 36.8. The van der Waals surface area contributed by atoms with E-state index in [2.05, 4.69) is 5.32 Å². The summed E-state index contributed by atoms with van der Waals surface area (Å²) in [5, 5.41) is 23.7. The predicted octanol–water partition coefficient (Wildman–Crippen LogP) is 2.88. The van der Waals surface area contributed by atoms with Gasteiger partial charge in [0.2, 0.25) is 11.8 Å². The molecule has 0 aromatic heterocycles. The molecule has 12 nitrogen and oxygen atoms in total. The SMILES string of the molecule is COc1ccc(OC)c(CCN(C(=O)CCCC(C)=O)C2CC(C(=O)NCCO)=CC(Oc3c(I)cc(C=O)cc3OC)C2O)c1. The summed E-state index contributed by atoms with van der Waals surface area (Å²) in [7, 11) is 4.51. The van der Waals surface area contributed by atoms with Crippen molar-refractivity contribution in [3.05, 3.63) is 56.7 Å². The van der Waals surface area contributed by atoms with Crippen molar-refractivity contribution in [1.29, 1.82) is 0 Å². The van der Waals surface area contributed by atoms with Gasteiger partial charge in [-0.1, -0.05) is 0 Å². The average Bonchev–Trinajstić information content (AvgIpc) is 3.05. The number of benzene rings is 2. The van der Waals surface area contributed by atoms with Crippen LogP contribution in [-0.4, -0.2) is 98.3 Å². The zero-order chi connectivity index (χ0) is 33.8. The number of nitrogens with one attached hydrogen (secondary N) is 1. The zero-order valence-electron chi connectivity index (χ0n) is 26.4. The topological polar surface area (TPSA) is 161 Å². The number of Topliss-reactive ketones (excluding diaryl/α,β-unsaturated/α-hetero) is 1. The molecule has 0 fully saturated rings. The summed E-state index contributed by atoms with van der Waals surface area (Å²) in [6, 6.07) is 7.55. The number of methoxy groups -OCH3 is 3. The maximum absolute atomic E-state index is 13.8. The fourth-order valence-corrected chi connectivity index (χ4v) is 6.02. The Labute approximate surface area is 282 Å². The van der Waals surface area contributed by atoms with Crippen LogP contribution in [0.4, 0.5) is 0 Å². The second-order valence-electron chi connectivity index (χ2n) is 10.7. The Morgan fingerprint density at radius 2 is 1.80 bits per heavy atom. The molecule has 2 amide bonds. The van der Waals surface area contributed by atoms with Crippen molar-refractivity contribution in [1.82, 2.24) is 10.2 Å². The number of ketones is 1. The second-order valence-corrected chi connectivity index (χ2v) is 11.9. The minimum absolute atomic E-state index is 0.00426. The third-order valence-electron chi connectivity index (χ3n) is 7.61. The second kappa shape index (κ2) is 17.9. The zero-order valence-corrected chi connectivity index (χ0v) is 28.6. The van der Waals surface area contributed by atoms with Gasteiger partial charge in [0, 0.05) is 43.5 Å². The Morgan fingerprint density at radius 3 is 2.43 bits per heavy atom. The van der Waals surface area contributed by atoms with Gasteiger partial charge in [-0.05, 0) is 84.3 Å². The lowest BCUT2D eigenvalue weighted by Gasteiger charge is -2.41. The molecule has 1 aliphatic rings. The van der Waals surface area contributed by atoms with E-state index in [4.69, 9.17) is 18.9 Å². The maximum Gasteiger partial charge on any atom is 0.247 e. The largest absolute Gasteiger partial charge is 0.497 e. The number of aliphatic hydroxyl groups is 2. The maximum atomic E-state index is 13.8. The summed E-state index contributed by atoms with van der Waals surface area (Å²) in [6.07, 6.45) is 0.739. The molecule has 0 bridgehead atoms. The number of hydrogen-bond donors (Lipinski definition) is 3. The molecule has 0 saturated heterocycles. The molecule has 0 spiro atoms. The Kier molecular flexibility index (Phi) is 14.3. The van der Waals surface area contributed by atoms with Crippen molar-refractivity contribution in [2.24, 2.45) is 0 Å². The Morgan fingerprint density at radius 1 is 1.07 bits per heavy atom. The molecule has 0 radical (unpaired) electrons. The molecule has 250 valence electrons. The normalized spacial score (nSPS) is 17.4. The molecule has 0 heterocycles. The number of carbonyl (C=O) groups is 4. The van der Waals surface area contributed by atoms with Gasteiger partial charge in [0.1, 0.15) is 35.8 Å². The molecule has 3 unspecified atom stereocenters. The number of halogens is 1. The third-order valence-corrected chi connectivity index (χ3v) is 8.41. The van der Waals surface area contributed by atoms with Gasteiger partial charge in [0.25, 0.3) is 0 Å². The van der Waals surface area contributed by atoms with E-state index in [1.807, 2.05) is 28.7 Å². The van der Waals surface area contributed by atoms with Crippen LogP contribution in [0.25, 0.3) is 0 Å². The smallest absolute Gasteiger partial charge is 0.247 e. The first-order valence-corrected chi connectivity index (χ1v) is 15.9. The van der Waals surface area contributed by atoms with E-state index in [1.165, 1.54) is 31.1 Å². The number of aldehydes is 1.